The van der Waals surface area contributed by atoms with Crippen molar-refractivity contribution in [2.45, 2.75) is 12.5 Å². The molecule has 0 heterocycles. The van der Waals surface area contributed by atoms with Crippen LogP contribution in [0.1, 0.15) is 16.8 Å². The summed E-state index contributed by atoms with van der Waals surface area (Å²) >= 11 is 1.57. The molecule has 0 fully saturated rings. The number of ether oxygens (including phenoxy) is 1. The Morgan fingerprint density at radius 2 is 2.00 bits per heavy atom. The number of methoxy groups -OCH3 is 1. The zero-order chi connectivity index (χ0) is 14.3. The number of benzene rings is 1. The first-order valence-electron chi connectivity index (χ1n) is 5.71. The minimum absolute atomic E-state index is 0.305. The van der Waals surface area contributed by atoms with Crippen LogP contribution < -0.4 is 5.32 Å². The van der Waals surface area contributed by atoms with Gasteiger partial charge in [-0.25, -0.2) is 9.18 Å². The SMILES string of the molecule is COC(=O)[C@@H](CCSC)NC(=O)c1ccc(F)cc1. The third kappa shape index (κ3) is 4.90. The zero-order valence-corrected chi connectivity index (χ0v) is 11.6. The molecule has 4 nitrogen and oxygen atoms in total. The summed E-state index contributed by atoms with van der Waals surface area (Å²) in [5, 5.41) is 2.59. The molecular formula is C13H16FNO3S. The average molecular weight is 285 g/mol. The molecule has 0 saturated carbocycles. The predicted molar refractivity (Wildman–Crippen MR) is 72.7 cm³/mol. The monoisotopic (exact) mass is 285 g/mol. The van der Waals surface area contributed by atoms with Gasteiger partial charge in [0.1, 0.15) is 11.9 Å². The largest absolute Gasteiger partial charge is 0.467 e. The smallest absolute Gasteiger partial charge is 0.328 e. The highest BCUT2D eigenvalue weighted by Gasteiger charge is 2.21. The Labute approximate surface area is 115 Å². The lowest BCUT2D eigenvalue weighted by atomic mass is 10.1. The van der Waals surface area contributed by atoms with Crippen LogP contribution in [0.5, 0.6) is 0 Å². The molecule has 0 bridgehead atoms. The molecule has 0 aliphatic carbocycles. The molecule has 1 N–H and O–H groups in total. The molecule has 19 heavy (non-hydrogen) atoms. The second-order valence-corrected chi connectivity index (χ2v) is 4.82. The van der Waals surface area contributed by atoms with Gasteiger partial charge in [0.05, 0.1) is 7.11 Å². The van der Waals surface area contributed by atoms with Crippen molar-refractivity contribution in [1.82, 2.24) is 5.32 Å². The molecule has 104 valence electrons. The standard InChI is InChI=1S/C13H16FNO3S/c1-18-13(17)11(7-8-19-2)15-12(16)9-3-5-10(14)6-4-9/h3-6,11H,7-8H2,1-2H3,(H,15,16)/t11-/m1/s1. The quantitative estimate of drug-likeness (QED) is 0.810. The number of halogens is 1. The van der Waals surface area contributed by atoms with Gasteiger partial charge in [-0.05, 0) is 42.7 Å². The van der Waals surface area contributed by atoms with E-state index in [2.05, 4.69) is 10.1 Å². The van der Waals surface area contributed by atoms with Gasteiger partial charge in [0.25, 0.3) is 5.91 Å². The third-order valence-corrected chi connectivity index (χ3v) is 3.15. The van der Waals surface area contributed by atoms with Crippen LogP contribution in [0, 0.1) is 5.82 Å². The van der Waals surface area contributed by atoms with Crippen LogP contribution in [0.15, 0.2) is 24.3 Å². The van der Waals surface area contributed by atoms with E-state index in [0.717, 1.165) is 5.75 Å². The van der Waals surface area contributed by atoms with E-state index in [1.54, 1.807) is 11.8 Å². The molecule has 0 aliphatic heterocycles. The number of amides is 1. The highest BCUT2D eigenvalue weighted by atomic mass is 32.2. The van der Waals surface area contributed by atoms with Gasteiger partial charge in [0.15, 0.2) is 0 Å². The van der Waals surface area contributed by atoms with Crippen LogP contribution in [-0.2, 0) is 9.53 Å². The number of esters is 1. The third-order valence-electron chi connectivity index (χ3n) is 2.51. The van der Waals surface area contributed by atoms with Gasteiger partial charge in [-0.3, -0.25) is 4.79 Å². The van der Waals surface area contributed by atoms with E-state index in [-0.39, 0.29) is 0 Å². The van der Waals surface area contributed by atoms with Crippen molar-refractivity contribution in [1.29, 1.82) is 0 Å². The molecule has 0 spiro atoms. The number of thioether (sulfide) groups is 1. The fraction of sp³-hybridized carbons (Fsp3) is 0.385. The minimum atomic E-state index is -0.685. The van der Waals surface area contributed by atoms with Crippen molar-refractivity contribution < 1.29 is 18.7 Å². The number of nitrogens with one attached hydrogen (secondary N) is 1. The van der Waals surface area contributed by atoms with Crippen molar-refractivity contribution in [2.24, 2.45) is 0 Å². The Hall–Kier alpha value is -1.56. The normalized spacial score (nSPS) is 11.7. The van der Waals surface area contributed by atoms with E-state index in [1.807, 2.05) is 6.26 Å². The molecule has 0 aromatic heterocycles. The average Bonchev–Trinajstić information content (AvgIpc) is 2.43. The van der Waals surface area contributed by atoms with E-state index < -0.39 is 23.7 Å². The number of hydrogen-bond acceptors (Lipinski definition) is 4. The summed E-state index contributed by atoms with van der Waals surface area (Å²) in [4.78, 5) is 23.4. The lowest BCUT2D eigenvalue weighted by molar-refractivity contribution is -0.142. The van der Waals surface area contributed by atoms with Crippen LogP contribution in [0.3, 0.4) is 0 Å². The molecule has 0 aliphatic rings. The summed E-state index contributed by atoms with van der Waals surface area (Å²) in [6.45, 7) is 0. The maximum Gasteiger partial charge on any atom is 0.328 e. The number of hydrogen-bond donors (Lipinski definition) is 1. The zero-order valence-electron chi connectivity index (χ0n) is 10.8. The second-order valence-electron chi connectivity index (χ2n) is 3.84. The first-order valence-corrected chi connectivity index (χ1v) is 7.11. The van der Waals surface area contributed by atoms with Crippen LogP contribution in [0.4, 0.5) is 4.39 Å². The molecule has 1 amide bonds. The molecule has 1 aromatic carbocycles. The minimum Gasteiger partial charge on any atom is -0.467 e. The Bertz CT molecular complexity index is 436. The first kappa shape index (κ1) is 15.5. The van der Waals surface area contributed by atoms with Gasteiger partial charge in [-0.15, -0.1) is 0 Å². The molecule has 1 rings (SSSR count). The highest BCUT2D eigenvalue weighted by molar-refractivity contribution is 7.98. The molecule has 1 atom stereocenters. The fourth-order valence-electron chi connectivity index (χ4n) is 1.47. The lowest BCUT2D eigenvalue weighted by Crippen LogP contribution is -2.41. The topological polar surface area (TPSA) is 55.4 Å². The van der Waals surface area contributed by atoms with E-state index in [9.17, 15) is 14.0 Å². The van der Waals surface area contributed by atoms with Crippen LogP contribution >= 0.6 is 11.8 Å². The van der Waals surface area contributed by atoms with E-state index in [0.29, 0.717) is 12.0 Å². The summed E-state index contributed by atoms with van der Waals surface area (Å²) in [5.74, 6) is -0.590. The summed E-state index contributed by atoms with van der Waals surface area (Å²) in [6, 6.07) is 4.45. The molecule has 0 radical (unpaired) electrons. The van der Waals surface area contributed by atoms with Crippen LogP contribution in [0.2, 0.25) is 0 Å². The van der Waals surface area contributed by atoms with Crippen LogP contribution in [0.25, 0.3) is 0 Å². The van der Waals surface area contributed by atoms with Gasteiger partial charge in [-0.1, -0.05) is 0 Å². The number of rotatable bonds is 6. The van der Waals surface area contributed by atoms with Gasteiger partial charge in [-0.2, -0.15) is 11.8 Å². The maximum absolute atomic E-state index is 12.8. The van der Waals surface area contributed by atoms with Gasteiger partial charge >= 0.3 is 5.97 Å². The Morgan fingerprint density at radius 1 is 1.37 bits per heavy atom. The summed E-state index contributed by atoms with van der Waals surface area (Å²) in [7, 11) is 1.28. The van der Waals surface area contributed by atoms with Gasteiger partial charge in [0.2, 0.25) is 0 Å². The molecule has 1 aromatic rings. The lowest BCUT2D eigenvalue weighted by Gasteiger charge is -2.16. The van der Waals surface area contributed by atoms with Crippen molar-refractivity contribution >= 4 is 23.6 Å². The molecule has 0 saturated heterocycles. The van der Waals surface area contributed by atoms with Crippen molar-refractivity contribution in [3.8, 4) is 0 Å². The molecular weight excluding hydrogens is 269 g/mol. The van der Waals surface area contributed by atoms with E-state index >= 15 is 0 Å². The fourth-order valence-corrected chi connectivity index (χ4v) is 1.94. The highest BCUT2D eigenvalue weighted by Crippen LogP contribution is 2.06. The summed E-state index contributed by atoms with van der Waals surface area (Å²) < 4.78 is 17.4. The van der Waals surface area contributed by atoms with Crippen molar-refractivity contribution in [3.05, 3.63) is 35.6 Å². The number of carbonyl (C=O) groups is 2. The van der Waals surface area contributed by atoms with Gasteiger partial charge in [0, 0.05) is 5.56 Å². The number of carbonyl (C=O) groups excluding carboxylic acids is 2. The second kappa shape index (κ2) is 7.78. The Morgan fingerprint density at radius 3 is 2.53 bits per heavy atom. The molecule has 0 unspecified atom stereocenters. The maximum atomic E-state index is 12.8. The summed E-state index contributed by atoms with van der Waals surface area (Å²) in [5.41, 5.74) is 0.305. The molecule has 6 heteroatoms. The van der Waals surface area contributed by atoms with Gasteiger partial charge < -0.3 is 10.1 Å². The predicted octanol–water partition coefficient (Wildman–Crippen LogP) is 1.85. The Balaban J connectivity index is 2.69. The van der Waals surface area contributed by atoms with Crippen LogP contribution in [-0.4, -0.2) is 37.0 Å². The van der Waals surface area contributed by atoms with Crippen molar-refractivity contribution in [3.63, 3.8) is 0 Å². The summed E-state index contributed by atoms with van der Waals surface area (Å²) in [6.07, 6.45) is 2.40. The Kier molecular flexibility index (Phi) is 6.35. The van der Waals surface area contributed by atoms with E-state index in [4.69, 9.17) is 0 Å². The van der Waals surface area contributed by atoms with E-state index in [1.165, 1.54) is 31.4 Å². The van der Waals surface area contributed by atoms with Crippen molar-refractivity contribution in [2.75, 3.05) is 19.1 Å². The first-order chi connectivity index (χ1) is 9.08.